The first kappa shape index (κ1) is 16.3. The molecule has 1 aromatic carbocycles. The summed E-state index contributed by atoms with van der Waals surface area (Å²) < 4.78 is 40.6. The maximum Gasteiger partial charge on any atom is 0.573 e. The molecule has 0 saturated carbocycles. The Morgan fingerprint density at radius 2 is 2.05 bits per heavy atom. The predicted molar refractivity (Wildman–Crippen MR) is 75.0 cm³/mol. The van der Waals surface area contributed by atoms with Crippen LogP contribution in [0.15, 0.2) is 35.3 Å². The first-order valence-electron chi connectivity index (χ1n) is 6.36. The van der Waals surface area contributed by atoms with E-state index < -0.39 is 6.36 Å². The van der Waals surface area contributed by atoms with E-state index in [2.05, 4.69) is 9.73 Å². The summed E-state index contributed by atoms with van der Waals surface area (Å²) >= 11 is 0. The molecule has 0 atom stereocenters. The molecule has 0 aliphatic heterocycles. The second kappa shape index (κ2) is 7.12. The molecule has 1 aromatic rings. The van der Waals surface area contributed by atoms with Crippen LogP contribution in [0.5, 0.6) is 5.75 Å². The van der Waals surface area contributed by atoms with Crippen LogP contribution >= 0.6 is 0 Å². The molecule has 0 spiro atoms. The summed E-state index contributed by atoms with van der Waals surface area (Å²) in [6.07, 6.45) is -1.13. The van der Waals surface area contributed by atoms with Gasteiger partial charge in [0.2, 0.25) is 0 Å². The van der Waals surface area contributed by atoms with Crippen molar-refractivity contribution >= 4 is 11.3 Å². The van der Waals surface area contributed by atoms with Gasteiger partial charge in [-0.25, -0.2) is 0 Å². The fourth-order valence-electron chi connectivity index (χ4n) is 1.78. The van der Waals surface area contributed by atoms with Gasteiger partial charge in [-0.15, -0.1) is 13.2 Å². The SMILES string of the molecule is CCC/C(=C\C(C)=NC)c1cccc(OC(F)(F)F)c1. The van der Waals surface area contributed by atoms with Gasteiger partial charge in [0.15, 0.2) is 0 Å². The predicted octanol–water partition coefficient (Wildman–Crippen LogP) is 4.86. The molecule has 0 aliphatic carbocycles. The molecule has 0 unspecified atom stereocenters. The maximum atomic E-state index is 12.2. The van der Waals surface area contributed by atoms with Crippen LogP contribution in [0.3, 0.4) is 0 Å². The summed E-state index contributed by atoms with van der Waals surface area (Å²) in [5.41, 5.74) is 2.50. The lowest BCUT2D eigenvalue weighted by molar-refractivity contribution is -0.274. The summed E-state index contributed by atoms with van der Waals surface area (Å²) in [6, 6.07) is 6.02. The number of allylic oxidation sites excluding steroid dienone is 2. The van der Waals surface area contributed by atoms with Gasteiger partial charge in [0.25, 0.3) is 0 Å². The van der Waals surface area contributed by atoms with E-state index in [-0.39, 0.29) is 5.75 Å². The van der Waals surface area contributed by atoms with Crippen molar-refractivity contribution in [2.75, 3.05) is 7.05 Å². The van der Waals surface area contributed by atoms with Gasteiger partial charge in [-0.2, -0.15) is 0 Å². The summed E-state index contributed by atoms with van der Waals surface area (Å²) in [4.78, 5) is 4.05. The van der Waals surface area contributed by atoms with Crippen LogP contribution in [0.4, 0.5) is 13.2 Å². The van der Waals surface area contributed by atoms with Crippen molar-refractivity contribution in [2.24, 2.45) is 4.99 Å². The van der Waals surface area contributed by atoms with Gasteiger partial charge in [-0.05, 0) is 42.7 Å². The third kappa shape index (κ3) is 5.47. The molecule has 5 heteroatoms. The Morgan fingerprint density at radius 3 is 2.60 bits per heavy atom. The van der Waals surface area contributed by atoms with Crippen LogP contribution < -0.4 is 4.74 Å². The summed E-state index contributed by atoms with van der Waals surface area (Å²) in [5.74, 6) is -0.205. The highest BCUT2D eigenvalue weighted by Crippen LogP contribution is 2.27. The van der Waals surface area contributed by atoms with Gasteiger partial charge >= 0.3 is 6.36 Å². The normalized spacial score (nSPS) is 13.5. The Hall–Kier alpha value is -1.78. The van der Waals surface area contributed by atoms with E-state index in [9.17, 15) is 13.2 Å². The first-order chi connectivity index (χ1) is 9.35. The zero-order valence-electron chi connectivity index (χ0n) is 11.8. The number of hydrogen-bond donors (Lipinski definition) is 0. The molecule has 0 bridgehead atoms. The van der Waals surface area contributed by atoms with Crippen molar-refractivity contribution < 1.29 is 17.9 Å². The third-order valence-electron chi connectivity index (χ3n) is 2.69. The van der Waals surface area contributed by atoms with Gasteiger partial charge in [-0.1, -0.05) is 25.5 Å². The highest BCUT2D eigenvalue weighted by atomic mass is 19.4. The molecule has 0 radical (unpaired) electrons. The molecule has 2 nitrogen and oxygen atoms in total. The molecule has 0 aliphatic rings. The molecule has 110 valence electrons. The number of nitrogens with zero attached hydrogens (tertiary/aromatic N) is 1. The van der Waals surface area contributed by atoms with E-state index in [0.717, 1.165) is 29.7 Å². The molecule has 0 amide bonds. The van der Waals surface area contributed by atoms with Crippen LogP contribution in [-0.2, 0) is 0 Å². The molecule has 20 heavy (non-hydrogen) atoms. The minimum absolute atomic E-state index is 0.205. The largest absolute Gasteiger partial charge is 0.573 e. The number of rotatable bonds is 5. The smallest absolute Gasteiger partial charge is 0.406 e. The molecular weight excluding hydrogens is 267 g/mol. The van der Waals surface area contributed by atoms with Crippen molar-refractivity contribution in [3.8, 4) is 5.75 Å². The summed E-state index contributed by atoms with van der Waals surface area (Å²) in [7, 11) is 1.68. The Bertz CT molecular complexity index is 504. The molecule has 0 saturated heterocycles. The van der Waals surface area contributed by atoms with E-state index in [1.807, 2.05) is 19.9 Å². The molecule has 0 aromatic heterocycles. The van der Waals surface area contributed by atoms with Gasteiger partial charge in [0, 0.05) is 12.8 Å². The Labute approximate surface area is 117 Å². The number of aliphatic imine (C=N–C) groups is 1. The fraction of sp³-hybridized carbons (Fsp3) is 0.400. The highest BCUT2D eigenvalue weighted by Gasteiger charge is 2.31. The van der Waals surface area contributed by atoms with E-state index >= 15 is 0 Å². The van der Waals surface area contributed by atoms with E-state index in [1.54, 1.807) is 19.2 Å². The average Bonchev–Trinajstić information content (AvgIpc) is 2.36. The van der Waals surface area contributed by atoms with Crippen LogP contribution in [-0.4, -0.2) is 19.1 Å². The number of ether oxygens (including phenoxy) is 1. The molecule has 0 N–H and O–H groups in total. The maximum absolute atomic E-state index is 12.2. The Morgan fingerprint density at radius 1 is 1.35 bits per heavy atom. The van der Waals surface area contributed by atoms with Crippen LogP contribution in [0.1, 0.15) is 32.3 Å². The van der Waals surface area contributed by atoms with Gasteiger partial charge in [-0.3, -0.25) is 4.99 Å². The van der Waals surface area contributed by atoms with Crippen molar-refractivity contribution in [3.05, 3.63) is 35.9 Å². The average molecular weight is 285 g/mol. The number of alkyl halides is 3. The zero-order chi connectivity index (χ0) is 15.2. The standard InChI is InChI=1S/C15H18F3NO/c1-4-6-12(9-11(2)19-3)13-7-5-8-14(10-13)20-15(16,17)18/h5,7-10H,4,6H2,1-3H3/b12-9+,19-11?. The number of halogens is 3. The molecular formula is C15H18F3NO. The number of hydrogen-bond acceptors (Lipinski definition) is 2. The van der Waals surface area contributed by atoms with Crippen LogP contribution in [0, 0.1) is 0 Å². The minimum atomic E-state index is -4.67. The lowest BCUT2D eigenvalue weighted by Crippen LogP contribution is -2.17. The second-order valence-corrected chi connectivity index (χ2v) is 4.36. The summed E-state index contributed by atoms with van der Waals surface area (Å²) in [5, 5.41) is 0. The Kier molecular flexibility index (Phi) is 5.80. The first-order valence-corrected chi connectivity index (χ1v) is 6.36. The van der Waals surface area contributed by atoms with Gasteiger partial charge in [0.1, 0.15) is 5.75 Å². The van der Waals surface area contributed by atoms with E-state index in [1.165, 1.54) is 12.1 Å². The third-order valence-corrected chi connectivity index (χ3v) is 2.69. The van der Waals surface area contributed by atoms with Crippen LogP contribution in [0.2, 0.25) is 0 Å². The monoisotopic (exact) mass is 285 g/mol. The van der Waals surface area contributed by atoms with Crippen molar-refractivity contribution in [2.45, 2.75) is 33.1 Å². The molecule has 0 heterocycles. The van der Waals surface area contributed by atoms with Crippen molar-refractivity contribution in [3.63, 3.8) is 0 Å². The van der Waals surface area contributed by atoms with E-state index in [4.69, 9.17) is 0 Å². The van der Waals surface area contributed by atoms with Gasteiger partial charge < -0.3 is 4.74 Å². The second-order valence-electron chi connectivity index (χ2n) is 4.36. The van der Waals surface area contributed by atoms with E-state index in [0.29, 0.717) is 0 Å². The lowest BCUT2D eigenvalue weighted by atomic mass is 10.00. The van der Waals surface area contributed by atoms with Crippen LogP contribution in [0.25, 0.3) is 5.57 Å². The highest BCUT2D eigenvalue weighted by molar-refractivity contribution is 5.99. The van der Waals surface area contributed by atoms with Crippen molar-refractivity contribution in [1.29, 1.82) is 0 Å². The topological polar surface area (TPSA) is 21.6 Å². The zero-order valence-corrected chi connectivity index (χ0v) is 11.8. The molecule has 1 rings (SSSR count). The quantitative estimate of drug-likeness (QED) is 0.708. The Balaban J connectivity index is 3.09. The minimum Gasteiger partial charge on any atom is -0.406 e. The van der Waals surface area contributed by atoms with Crippen molar-refractivity contribution in [1.82, 2.24) is 0 Å². The van der Waals surface area contributed by atoms with Gasteiger partial charge in [0.05, 0.1) is 0 Å². The molecule has 0 fully saturated rings. The fourth-order valence-corrected chi connectivity index (χ4v) is 1.78. The lowest BCUT2D eigenvalue weighted by Gasteiger charge is -2.12. The summed E-state index contributed by atoms with van der Waals surface area (Å²) in [6.45, 7) is 3.87. The number of benzene rings is 1.